The molecule has 1 aliphatic rings. The van der Waals surface area contributed by atoms with Gasteiger partial charge in [0, 0.05) is 18.8 Å². The van der Waals surface area contributed by atoms with E-state index in [1.807, 2.05) is 35.0 Å². The molecule has 0 saturated carbocycles. The zero-order chi connectivity index (χ0) is 14.9. The summed E-state index contributed by atoms with van der Waals surface area (Å²) in [5.74, 6) is 1.39. The van der Waals surface area contributed by atoms with Gasteiger partial charge in [0.2, 0.25) is 0 Å². The van der Waals surface area contributed by atoms with Gasteiger partial charge in [-0.25, -0.2) is 9.97 Å². The molecule has 0 aliphatic carbocycles. The Bertz CT molecular complexity index is 796. The monoisotopic (exact) mass is 294 g/mol. The van der Waals surface area contributed by atoms with Crippen molar-refractivity contribution in [2.75, 3.05) is 18.4 Å². The molecule has 3 aromatic heterocycles. The van der Waals surface area contributed by atoms with Gasteiger partial charge in [0.25, 0.3) is 0 Å². The molecule has 1 fully saturated rings. The summed E-state index contributed by atoms with van der Waals surface area (Å²) in [7, 11) is 0. The first kappa shape index (κ1) is 13.2. The molecular weight excluding hydrogens is 276 g/mol. The van der Waals surface area contributed by atoms with Crippen molar-refractivity contribution >= 4 is 11.5 Å². The van der Waals surface area contributed by atoms with Crippen LogP contribution in [-0.4, -0.2) is 38.5 Å². The van der Waals surface area contributed by atoms with Crippen molar-refractivity contribution < 1.29 is 0 Å². The topological polar surface area (TPSA) is 67.1 Å². The Kier molecular flexibility index (Phi) is 3.23. The summed E-state index contributed by atoms with van der Waals surface area (Å²) in [4.78, 5) is 13.4. The van der Waals surface area contributed by atoms with Crippen molar-refractivity contribution in [2.45, 2.75) is 13.0 Å². The Morgan fingerprint density at radius 1 is 1.23 bits per heavy atom. The minimum Gasteiger partial charge on any atom is -0.364 e. The lowest BCUT2D eigenvalue weighted by molar-refractivity contribution is 0.593. The van der Waals surface area contributed by atoms with E-state index in [0.717, 1.165) is 35.9 Å². The van der Waals surface area contributed by atoms with Gasteiger partial charge in [0.05, 0.1) is 24.3 Å². The van der Waals surface area contributed by atoms with E-state index in [0.29, 0.717) is 12.0 Å². The summed E-state index contributed by atoms with van der Waals surface area (Å²) < 4.78 is 2.02. The van der Waals surface area contributed by atoms with Crippen molar-refractivity contribution in [1.29, 1.82) is 0 Å². The van der Waals surface area contributed by atoms with Crippen molar-refractivity contribution in [3.05, 3.63) is 43.0 Å². The maximum Gasteiger partial charge on any atom is 0.145 e. The van der Waals surface area contributed by atoms with E-state index in [4.69, 9.17) is 4.98 Å². The third-order valence-electron chi connectivity index (χ3n) is 4.16. The van der Waals surface area contributed by atoms with Gasteiger partial charge in [-0.05, 0) is 24.6 Å². The summed E-state index contributed by atoms with van der Waals surface area (Å²) in [5, 5.41) is 6.86. The van der Waals surface area contributed by atoms with Gasteiger partial charge in [-0.3, -0.25) is 9.38 Å². The van der Waals surface area contributed by atoms with E-state index in [-0.39, 0.29) is 0 Å². The van der Waals surface area contributed by atoms with E-state index in [1.54, 1.807) is 12.4 Å². The predicted octanol–water partition coefficient (Wildman–Crippen LogP) is 1.81. The minimum atomic E-state index is 0.395. The molecule has 2 atom stereocenters. The highest BCUT2D eigenvalue weighted by Crippen LogP contribution is 2.20. The lowest BCUT2D eigenvalue weighted by Crippen LogP contribution is -2.27. The van der Waals surface area contributed by atoms with Crippen molar-refractivity contribution in [1.82, 2.24) is 24.7 Å². The molecule has 4 heterocycles. The highest BCUT2D eigenvalue weighted by Gasteiger charge is 2.23. The first-order chi connectivity index (χ1) is 10.8. The fourth-order valence-corrected chi connectivity index (χ4v) is 2.87. The fraction of sp³-hybridized carbons (Fsp3) is 0.312. The summed E-state index contributed by atoms with van der Waals surface area (Å²) in [6.45, 7) is 4.24. The van der Waals surface area contributed by atoms with Gasteiger partial charge in [0.1, 0.15) is 17.2 Å². The number of fused-ring (bicyclic) bond motifs is 1. The van der Waals surface area contributed by atoms with Crippen LogP contribution in [0.2, 0.25) is 0 Å². The van der Waals surface area contributed by atoms with Crippen LogP contribution in [0.25, 0.3) is 17.0 Å². The molecule has 4 rings (SSSR count). The quantitative estimate of drug-likeness (QED) is 0.771. The Morgan fingerprint density at radius 2 is 2.18 bits per heavy atom. The van der Waals surface area contributed by atoms with Crippen molar-refractivity contribution in [3.63, 3.8) is 0 Å². The predicted molar refractivity (Wildman–Crippen MR) is 85.7 cm³/mol. The van der Waals surface area contributed by atoms with Crippen LogP contribution in [-0.2, 0) is 0 Å². The summed E-state index contributed by atoms with van der Waals surface area (Å²) in [6.07, 6.45) is 7.38. The molecule has 1 saturated heterocycles. The van der Waals surface area contributed by atoms with Crippen molar-refractivity contribution in [2.24, 2.45) is 5.92 Å². The van der Waals surface area contributed by atoms with E-state index in [1.165, 1.54) is 0 Å². The molecule has 2 unspecified atom stereocenters. The zero-order valence-corrected chi connectivity index (χ0v) is 12.4. The van der Waals surface area contributed by atoms with Crippen molar-refractivity contribution in [3.8, 4) is 11.4 Å². The Morgan fingerprint density at radius 3 is 3.05 bits per heavy atom. The molecule has 0 aromatic carbocycles. The molecular formula is C16H18N6. The summed E-state index contributed by atoms with van der Waals surface area (Å²) >= 11 is 0. The van der Waals surface area contributed by atoms with E-state index < -0.39 is 0 Å². The smallest absolute Gasteiger partial charge is 0.145 e. The van der Waals surface area contributed by atoms with E-state index in [2.05, 4.69) is 27.5 Å². The molecule has 0 radical (unpaired) electrons. The first-order valence-corrected chi connectivity index (χ1v) is 7.53. The Balaban J connectivity index is 1.67. The highest BCUT2D eigenvalue weighted by molar-refractivity contribution is 5.60. The zero-order valence-electron chi connectivity index (χ0n) is 12.4. The SMILES string of the molecule is CC1CNCC1Nc1cncc(-c2cnc3ccccn23)n1. The molecule has 0 amide bonds. The molecule has 2 N–H and O–H groups in total. The molecule has 1 aliphatic heterocycles. The van der Waals surface area contributed by atoms with E-state index in [9.17, 15) is 0 Å². The third-order valence-corrected chi connectivity index (χ3v) is 4.16. The number of imidazole rings is 1. The second kappa shape index (κ2) is 5.38. The maximum atomic E-state index is 4.70. The molecule has 6 heteroatoms. The first-order valence-electron chi connectivity index (χ1n) is 7.53. The molecule has 0 spiro atoms. The number of aromatic nitrogens is 4. The average Bonchev–Trinajstić information content (AvgIpc) is 3.14. The summed E-state index contributed by atoms with van der Waals surface area (Å²) in [6, 6.07) is 6.33. The van der Waals surface area contributed by atoms with Gasteiger partial charge >= 0.3 is 0 Å². The normalized spacial score (nSPS) is 21.3. The van der Waals surface area contributed by atoms with Crippen LogP contribution < -0.4 is 10.6 Å². The number of hydrogen-bond acceptors (Lipinski definition) is 5. The van der Waals surface area contributed by atoms with Crippen LogP contribution in [0, 0.1) is 5.92 Å². The van der Waals surface area contributed by atoms with Gasteiger partial charge in [-0.15, -0.1) is 0 Å². The largest absolute Gasteiger partial charge is 0.364 e. The molecule has 22 heavy (non-hydrogen) atoms. The van der Waals surface area contributed by atoms with E-state index >= 15 is 0 Å². The third kappa shape index (κ3) is 2.31. The number of nitrogens with zero attached hydrogens (tertiary/aromatic N) is 4. The fourth-order valence-electron chi connectivity index (χ4n) is 2.87. The Labute approximate surface area is 128 Å². The standard InChI is InChI=1S/C16H18N6/c1-11-6-17-7-12(11)20-15-10-18-8-13(21-15)14-9-19-16-4-2-3-5-22(14)16/h2-5,8-12,17H,6-7H2,1H3,(H,20,21). The molecule has 3 aromatic rings. The van der Waals surface area contributed by atoms with Crippen LogP contribution in [0.1, 0.15) is 6.92 Å². The Hall–Kier alpha value is -2.47. The van der Waals surface area contributed by atoms with Gasteiger partial charge in [-0.1, -0.05) is 13.0 Å². The van der Waals surface area contributed by atoms with Gasteiger partial charge in [-0.2, -0.15) is 0 Å². The lowest BCUT2D eigenvalue weighted by Gasteiger charge is -2.16. The second-order valence-corrected chi connectivity index (χ2v) is 5.75. The van der Waals surface area contributed by atoms with Gasteiger partial charge < -0.3 is 10.6 Å². The van der Waals surface area contributed by atoms with Crippen LogP contribution in [0.5, 0.6) is 0 Å². The molecule has 6 nitrogen and oxygen atoms in total. The van der Waals surface area contributed by atoms with Crippen LogP contribution >= 0.6 is 0 Å². The second-order valence-electron chi connectivity index (χ2n) is 5.75. The molecule has 112 valence electrons. The lowest BCUT2D eigenvalue weighted by atomic mass is 10.1. The molecule has 0 bridgehead atoms. The minimum absolute atomic E-state index is 0.395. The number of nitrogens with one attached hydrogen (secondary N) is 2. The highest BCUT2D eigenvalue weighted by atomic mass is 15.1. The number of hydrogen-bond donors (Lipinski definition) is 2. The number of rotatable bonds is 3. The maximum absolute atomic E-state index is 4.70. The van der Waals surface area contributed by atoms with Crippen LogP contribution in [0.15, 0.2) is 43.0 Å². The van der Waals surface area contributed by atoms with Crippen LogP contribution in [0.3, 0.4) is 0 Å². The average molecular weight is 294 g/mol. The number of pyridine rings is 1. The summed E-state index contributed by atoms with van der Waals surface area (Å²) in [5.41, 5.74) is 2.68. The van der Waals surface area contributed by atoms with Gasteiger partial charge in [0.15, 0.2) is 0 Å². The van der Waals surface area contributed by atoms with Crippen LogP contribution in [0.4, 0.5) is 5.82 Å². The number of anilines is 1.